The fourth-order valence-electron chi connectivity index (χ4n) is 0.916. The summed E-state index contributed by atoms with van der Waals surface area (Å²) in [4.78, 5) is 19.1. The van der Waals surface area contributed by atoms with E-state index in [1.165, 1.54) is 7.11 Å². The Bertz CT molecular complexity index is 382. The van der Waals surface area contributed by atoms with Crippen LogP contribution in [-0.4, -0.2) is 29.6 Å². The monoisotopic (exact) mass is 229 g/mol. The van der Waals surface area contributed by atoms with Crippen molar-refractivity contribution in [2.75, 3.05) is 19.0 Å². The van der Waals surface area contributed by atoms with Crippen molar-refractivity contribution in [3.8, 4) is 0 Å². The van der Waals surface area contributed by atoms with Gasteiger partial charge in [0.05, 0.1) is 18.5 Å². The predicted molar refractivity (Wildman–Crippen MR) is 57.0 cm³/mol. The number of methoxy groups -OCH3 is 1. The molecular weight excluding hydrogens is 218 g/mol. The molecule has 1 aromatic rings. The zero-order valence-corrected chi connectivity index (χ0v) is 9.55. The molecule has 0 fully saturated rings. The Morgan fingerprint density at radius 3 is 2.60 bits per heavy atom. The fourth-order valence-corrected chi connectivity index (χ4v) is 1.15. The summed E-state index contributed by atoms with van der Waals surface area (Å²) in [7, 11) is 1.32. The van der Waals surface area contributed by atoms with Crippen LogP contribution < -0.4 is 5.32 Å². The second-order valence-electron chi connectivity index (χ2n) is 2.96. The Balaban J connectivity index is 2.77. The second kappa shape index (κ2) is 4.93. The minimum atomic E-state index is -0.383. The number of ether oxygens (including phenoxy) is 1. The molecule has 0 amide bonds. The molecule has 6 heteroatoms. The summed E-state index contributed by atoms with van der Waals surface area (Å²) in [6.45, 7) is 3.66. The molecule has 0 aliphatic rings. The number of nitrogens with zero attached hydrogens (tertiary/aromatic N) is 2. The van der Waals surface area contributed by atoms with Gasteiger partial charge in [0, 0.05) is 0 Å². The number of nitrogens with one attached hydrogen (secondary N) is 1. The molecule has 0 radical (unpaired) electrons. The average Bonchev–Trinajstić information content (AvgIpc) is 2.21. The van der Waals surface area contributed by atoms with E-state index in [0.29, 0.717) is 5.82 Å². The van der Waals surface area contributed by atoms with E-state index in [9.17, 15) is 4.79 Å². The van der Waals surface area contributed by atoms with E-state index in [0.717, 1.165) is 11.4 Å². The van der Waals surface area contributed by atoms with Gasteiger partial charge in [-0.25, -0.2) is 9.97 Å². The van der Waals surface area contributed by atoms with Gasteiger partial charge in [-0.1, -0.05) is 11.6 Å². The number of hydrogen-bond acceptors (Lipinski definition) is 5. The molecule has 0 unspecified atom stereocenters. The lowest BCUT2D eigenvalue weighted by atomic mass is 10.3. The van der Waals surface area contributed by atoms with Crippen LogP contribution in [0.4, 0.5) is 5.82 Å². The number of aryl methyl sites for hydroxylation is 2. The molecule has 1 rings (SSSR count). The summed E-state index contributed by atoms with van der Waals surface area (Å²) in [5.41, 5.74) is 1.54. The van der Waals surface area contributed by atoms with Crippen molar-refractivity contribution >= 4 is 23.4 Å². The maximum Gasteiger partial charge on any atom is 0.325 e. The van der Waals surface area contributed by atoms with Gasteiger partial charge in [0.15, 0.2) is 11.0 Å². The van der Waals surface area contributed by atoms with E-state index < -0.39 is 0 Å². The highest BCUT2D eigenvalue weighted by Crippen LogP contribution is 2.17. The quantitative estimate of drug-likeness (QED) is 0.793. The Morgan fingerprint density at radius 2 is 2.00 bits per heavy atom. The number of aromatic nitrogens is 2. The van der Waals surface area contributed by atoms with E-state index in [4.69, 9.17) is 11.6 Å². The standard InChI is InChI=1S/C9H12ClN3O2/c1-5-6(2)13-9(8(10)12-5)11-4-7(14)15-3/h4H2,1-3H3,(H,11,13). The van der Waals surface area contributed by atoms with Crippen molar-refractivity contribution in [2.45, 2.75) is 13.8 Å². The zero-order valence-electron chi connectivity index (χ0n) is 8.80. The van der Waals surface area contributed by atoms with Crippen LogP contribution in [0.15, 0.2) is 0 Å². The van der Waals surface area contributed by atoms with Crippen molar-refractivity contribution in [2.24, 2.45) is 0 Å². The Morgan fingerprint density at radius 1 is 1.40 bits per heavy atom. The molecule has 0 spiro atoms. The first kappa shape index (κ1) is 11.7. The van der Waals surface area contributed by atoms with Gasteiger partial charge in [0.1, 0.15) is 6.54 Å². The third kappa shape index (κ3) is 3.06. The van der Waals surface area contributed by atoms with Gasteiger partial charge in [0.2, 0.25) is 0 Å². The summed E-state index contributed by atoms with van der Waals surface area (Å²) >= 11 is 5.84. The summed E-state index contributed by atoms with van der Waals surface area (Å²) in [6, 6.07) is 0. The maximum absolute atomic E-state index is 10.9. The Kier molecular flexibility index (Phi) is 3.85. The number of halogens is 1. The number of rotatable bonds is 3. The number of carbonyl (C=O) groups excluding carboxylic acids is 1. The van der Waals surface area contributed by atoms with Gasteiger partial charge in [-0.3, -0.25) is 4.79 Å². The Hall–Kier alpha value is -1.36. The minimum absolute atomic E-state index is 0.0212. The molecule has 1 aromatic heterocycles. The van der Waals surface area contributed by atoms with E-state index in [-0.39, 0.29) is 17.7 Å². The zero-order chi connectivity index (χ0) is 11.4. The first-order valence-electron chi connectivity index (χ1n) is 4.36. The van der Waals surface area contributed by atoms with Crippen LogP contribution in [0.3, 0.4) is 0 Å². The number of carbonyl (C=O) groups is 1. The number of anilines is 1. The minimum Gasteiger partial charge on any atom is -0.468 e. The van der Waals surface area contributed by atoms with Crippen LogP contribution >= 0.6 is 11.6 Å². The highest BCUT2D eigenvalue weighted by atomic mass is 35.5. The van der Waals surface area contributed by atoms with Crippen LogP contribution in [0.1, 0.15) is 11.4 Å². The molecule has 82 valence electrons. The van der Waals surface area contributed by atoms with E-state index >= 15 is 0 Å². The van der Waals surface area contributed by atoms with Gasteiger partial charge in [-0.05, 0) is 13.8 Å². The molecule has 0 atom stereocenters. The largest absolute Gasteiger partial charge is 0.468 e. The molecular formula is C9H12ClN3O2. The van der Waals surface area contributed by atoms with E-state index in [1.54, 1.807) is 0 Å². The van der Waals surface area contributed by atoms with Crippen molar-refractivity contribution < 1.29 is 9.53 Å². The van der Waals surface area contributed by atoms with E-state index in [1.807, 2.05) is 13.8 Å². The Labute approximate surface area is 92.8 Å². The lowest BCUT2D eigenvalue weighted by molar-refractivity contribution is -0.138. The topological polar surface area (TPSA) is 64.1 Å². The fraction of sp³-hybridized carbons (Fsp3) is 0.444. The van der Waals surface area contributed by atoms with Gasteiger partial charge in [-0.15, -0.1) is 0 Å². The van der Waals surface area contributed by atoms with Crippen molar-refractivity contribution in [3.05, 3.63) is 16.5 Å². The smallest absolute Gasteiger partial charge is 0.325 e. The molecule has 0 aromatic carbocycles. The van der Waals surface area contributed by atoms with Crippen LogP contribution in [0.2, 0.25) is 5.15 Å². The normalized spacial score (nSPS) is 9.87. The van der Waals surface area contributed by atoms with Gasteiger partial charge in [0.25, 0.3) is 0 Å². The molecule has 0 bridgehead atoms. The maximum atomic E-state index is 10.9. The third-order valence-corrected chi connectivity index (χ3v) is 2.16. The summed E-state index contributed by atoms with van der Waals surface area (Å²) in [5, 5.41) is 3.00. The second-order valence-corrected chi connectivity index (χ2v) is 3.32. The summed E-state index contributed by atoms with van der Waals surface area (Å²) in [6.07, 6.45) is 0. The molecule has 0 saturated carbocycles. The molecule has 0 saturated heterocycles. The summed E-state index contributed by atoms with van der Waals surface area (Å²) in [5.74, 6) is 0.0104. The first-order chi connectivity index (χ1) is 7.04. The number of hydrogen-bond donors (Lipinski definition) is 1. The van der Waals surface area contributed by atoms with Crippen molar-refractivity contribution in [1.29, 1.82) is 0 Å². The van der Waals surface area contributed by atoms with Gasteiger partial charge < -0.3 is 10.1 Å². The third-order valence-electron chi connectivity index (χ3n) is 1.89. The van der Waals surface area contributed by atoms with Crippen molar-refractivity contribution in [3.63, 3.8) is 0 Å². The van der Waals surface area contributed by atoms with E-state index in [2.05, 4.69) is 20.0 Å². The lowest BCUT2D eigenvalue weighted by Gasteiger charge is -2.07. The highest BCUT2D eigenvalue weighted by Gasteiger charge is 2.08. The van der Waals surface area contributed by atoms with Gasteiger partial charge >= 0.3 is 5.97 Å². The first-order valence-corrected chi connectivity index (χ1v) is 4.73. The predicted octanol–water partition coefficient (Wildman–Crippen LogP) is 1.33. The molecule has 0 aliphatic heterocycles. The van der Waals surface area contributed by atoms with Crippen LogP contribution in [0.5, 0.6) is 0 Å². The van der Waals surface area contributed by atoms with Gasteiger partial charge in [-0.2, -0.15) is 0 Å². The number of esters is 1. The van der Waals surface area contributed by atoms with Crippen molar-refractivity contribution in [1.82, 2.24) is 9.97 Å². The lowest BCUT2D eigenvalue weighted by Crippen LogP contribution is -2.16. The molecule has 1 N–H and O–H groups in total. The average molecular weight is 230 g/mol. The molecule has 1 heterocycles. The van der Waals surface area contributed by atoms with Crippen LogP contribution in [0.25, 0.3) is 0 Å². The molecule has 0 aliphatic carbocycles. The SMILES string of the molecule is COC(=O)CNc1nc(C)c(C)nc1Cl. The summed E-state index contributed by atoms with van der Waals surface area (Å²) < 4.78 is 4.47. The highest BCUT2D eigenvalue weighted by molar-refractivity contribution is 6.31. The van der Waals surface area contributed by atoms with Crippen LogP contribution in [0, 0.1) is 13.8 Å². The molecule has 15 heavy (non-hydrogen) atoms. The molecule has 5 nitrogen and oxygen atoms in total. The van der Waals surface area contributed by atoms with Crippen LogP contribution in [-0.2, 0) is 9.53 Å².